The van der Waals surface area contributed by atoms with Crippen LogP contribution in [0.5, 0.6) is 0 Å². The Morgan fingerprint density at radius 3 is 2.57 bits per heavy atom. The maximum Gasteiger partial charge on any atom is 0.264 e. The van der Waals surface area contributed by atoms with Crippen molar-refractivity contribution in [1.82, 2.24) is 29.6 Å². The van der Waals surface area contributed by atoms with Crippen LogP contribution in [0.4, 0.5) is 0 Å². The number of aliphatic hydroxyl groups is 1. The molecule has 8 nitrogen and oxygen atoms in total. The molecule has 1 saturated heterocycles. The van der Waals surface area contributed by atoms with Crippen LogP contribution in [0.15, 0.2) is 66.0 Å². The minimum Gasteiger partial charge on any atom is -0.388 e. The first-order valence-corrected chi connectivity index (χ1v) is 10.0. The molecule has 152 valence electrons. The highest BCUT2D eigenvalue weighted by molar-refractivity contribution is 5.75. The summed E-state index contributed by atoms with van der Waals surface area (Å²) in [4.78, 5) is 21.9. The number of fused-ring (bicyclic) bond motifs is 1. The Hall–Kier alpha value is -3.36. The van der Waals surface area contributed by atoms with Crippen LogP contribution in [-0.2, 0) is 6.54 Å². The number of aromatic nitrogens is 5. The van der Waals surface area contributed by atoms with Crippen molar-refractivity contribution in [3.8, 4) is 16.9 Å². The number of rotatable bonds is 4. The molecule has 1 aromatic carbocycles. The van der Waals surface area contributed by atoms with Crippen molar-refractivity contribution in [2.75, 3.05) is 13.1 Å². The number of pyridine rings is 1. The second-order valence-corrected chi connectivity index (χ2v) is 7.71. The molecule has 1 aliphatic rings. The van der Waals surface area contributed by atoms with E-state index in [1.165, 1.54) is 17.1 Å². The SMILES string of the molecule is O=c1c2cnn(-c3ccc(-c4ccccc4)nc3)c2ncn1CC1(O)CCNCC1. The van der Waals surface area contributed by atoms with E-state index in [-0.39, 0.29) is 12.1 Å². The van der Waals surface area contributed by atoms with Gasteiger partial charge in [-0.15, -0.1) is 0 Å². The number of piperidine rings is 1. The lowest BCUT2D eigenvalue weighted by Crippen LogP contribution is -2.46. The predicted molar refractivity (Wildman–Crippen MR) is 113 cm³/mol. The second kappa shape index (κ2) is 7.47. The Labute approximate surface area is 172 Å². The summed E-state index contributed by atoms with van der Waals surface area (Å²) in [7, 11) is 0. The third-order valence-corrected chi connectivity index (χ3v) is 5.62. The fourth-order valence-corrected chi connectivity index (χ4v) is 3.91. The fraction of sp³-hybridized carbons (Fsp3) is 0.273. The summed E-state index contributed by atoms with van der Waals surface area (Å²) >= 11 is 0. The molecule has 8 heteroatoms. The van der Waals surface area contributed by atoms with Gasteiger partial charge in [-0.3, -0.25) is 14.3 Å². The maximum atomic E-state index is 13.0. The van der Waals surface area contributed by atoms with Crippen LogP contribution in [0, 0.1) is 0 Å². The molecule has 5 rings (SSSR count). The molecule has 4 aromatic rings. The molecule has 0 unspecified atom stereocenters. The maximum absolute atomic E-state index is 13.0. The topological polar surface area (TPSA) is 97.9 Å². The van der Waals surface area contributed by atoms with Crippen molar-refractivity contribution in [1.29, 1.82) is 0 Å². The molecule has 0 spiro atoms. The molecule has 0 amide bonds. The lowest BCUT2D eigenvalue weighted by molar-refractivity contribution is -0.00627. The van der Waals surface area contributed by atoms with Crippen molar-refractivity contribution >= 4 is 11.0 Å². The Bertz CT molecular complexity index is 1220. The zero-order chi connectivity index (χ0) is 20.6. The molecule has 0 radical (unpaired) electrons. The molecule has 30 heavy (non-hydrogen) atoms. The van der Waals surface area contributed by atoms with Crippen LogP contribution in [0.3, 0.4) is 0 Å². The lowest BCUT2D eigenvalue weighted by atomic mass is 9.92. The Morgan fingerprint density at radius 1 is 1.03 bits per heavy atom. The van der Waals surface area contributed by atoms with Gasteiger partial charge in [0.1, 0.15) is 11.7 Å². The minimum atomic E-state index is -0.891. The second-order valence-electron chi connectivity index (χ2n) is 7.71. The van der Waals surface area contributed by atoms with E-state index in [0.29, 0.717) is 23.9 Å². The van der Waals surface area contributed by atoms with Gasteiger partial charge in [-0.25, -0.2) is 9.67 Å². The summed E-state index contributed by atoms with van der Waals surface area (Å²) < 4.78 is 3.10. The van der Waals surface area contributed by atoms with Gasteiger partial charge in [0.15, 0.2) is 5.65 Å². The first kappa shape index (κ1) is 18.7. The van der Waals surface area contributed by atoms with Gasteiger partial charge in [0, 0.05) is 5.56 Å². The van der Waals surface area contributed by atoms with Crippen molar-refractivity contribution in [3.63, 3.8) is 0 Å². The molecule has 1 fully saturated rings. The van der Waals surface area contributed by atoms with Gasteiger partial charge in [-0.05, 0) is 38.1 Å². The number of nitrogens with one attached hydrogen (secondary N) is 1. The van der Waals surface area contributed by atoms with E-state index in [0.717, 1.165) is 30.0 Å². The zero-order valence-electron chi connectivity index (χ0n) is 16.4. The summed E-state index contributed by atoms with van der Waals surface area (Å²) in [6.07, 6.45) is 5.96. The molecule has 2 N–H and O–H groups in total. The quantitative estimate of drug-likeness (QED) is 0.540. The minimum absolute atomic E-state index is 0.202. The summed E-state index contributed by atoms with van der Waals surface area (Å²) in [5.41, 5.74) is 2.01. The van der Waals surface area contributed by atoms with E-state index in [9.17, 15) is 9.90 Å². The standard InChI is InChI=1S/C22H22N6O2/c29-21-18-13-26-28(17-6-7-19(24-12-17)16-4-2-1-3-5-16)20(18)25-15-27(21)14-22(30)8-10-23-11-9-22/h1-7,12-13,15,23,30H,8-11,14H2. The fourth-order valence-electron chi connectivity index (χ4n) is 3.91. The van der Waals surface area contributed by atoms with E-state index >= 15 is 0 Å². The zero-order valence-corrected chi connectivity index (χ0v) is 16.4. The van der Waals surface area contributed by atoms with E-state index in [2.05, 4.69) is 20.4 Å². The van der Waals surface area contributed by atoms with Gasteiger partial charge < -0.3 is 10.4 Å². The van der Waals surface area contributed by atoms with E-state index in [1.54, 1.807) is 10.9 Å². The Balaban J connectivity index is 1.46. The van der Waals surface area contributed by atoms with Crippen molar-refractivity contribution < 1.29 is 5.11 Å². The van der Waals surface area contributed by atoms with Crippen LogP contribution < -0.4 is 10.9 Å². The van der Waals surface area contributed by atoms with Crippen LogP contribution in [0.25, 0.3) is 28.0 Å². The molecular weight excluding hydrogens is 380 g/mol. The molecule has 0 bridgehead atoms. The molecule has 0 saturated carbocycles. The summed E-state index contributed by atoms with van der Waals surface area (Å²) in [6.45, 7) is 1.71. The number of hydrogen-bond acceptors (Lipinski definition) is 6. The largest absolute Gasteiger partial charge is 0.388 e. The van der Waals surface area contributed by atoms with Crippen LogP contribution >= 0.6 is 0 Å². The smallest absolute Gasteiger partial charge is 0.264 e. The predicted octanol–water partition coefficient (Wildman–Crippen LogP) is 1.76. The molecule has 0 atom stereocenters. The normalized spacial score (nSPS) is 16.0. The van der Waals surface area contributed by atoms with Crippen molar-refractivity contribution in [2.45, 2.75) is 25.0 Å². The van der Waals surface area contributed by atoms with Gasteiger partial charge in [-0.1, -0.05) is 30.3 Å². The van der Waals surface area contributed by atoms with Gasteiger partial charge in [0.25, 0.3) is 5.56 Å². The number of nitrogens with zero attached hydrogens (tertiary/aromatic N) is 5. The first-order chi connectivity index (χ1) is 14.6. The molecular formula is C22H22N6O2. The third-order valence-electron chi connectivity index (χ3n) is 5.62. The highest BCUT2D eigenvalue weighted by Gasteiger charge is 2.30. The summed E-state index contributed by atoms with van der Waals surface area (Å²) in [5.74, 6) is 0. The average Bonchev–Trinajstić information content (AvgIpc) is 3.22. The first-order valence-electron chi connectivity index (χ1n) is 10.0. The lowest BCUT2D eigenvalue weighted by Gasteiger charge is -2.32. The number of hydrogen-bond donors (Lipinski definition) is 2. The van der Waals surface area contributed by atoms with Crippen LogP contribution in [0.2, 0.25) is 0 Å². The summed E-state index contributed by atoms with van der Waals surface area (Å²) in [5, 5.41) is 18.8. The van der Waals surface area contributed by atoms with E-state index < -0.39 is 5.60 Å². The third kappa shape index (κ3) is 3.40. The van der Waals surface area contributed by atoms with Crippen molar-refractivity contribution in [2.24, 2.45) is 0 Å². The van der Waals surface area contributed by atoms with Gasteiger partial charge in [-0.2, -0.15) is 5.10 Å². The highest BCUT2D eigenvalue weighted by Crippen LogP contribution is 2.21. The van der Waals surface area contributed by atoms with Crippen LogP contribution in [0.1, 0.15) is 12.8 Å². The Morgan fingerprint density at radius 2 is 1.83 bits per heavy atom. The Kier molecular flexibility index (Phi) is 4.65. The average molecular weight is 402 g/mol. The van der Waals surface area contributed by atoms with Gasteiger partial charge in [0.2, 0.25) is 0 Å². The van der Waals surface area contributed by atoms with Crippen molar-refractivity contribution in [3.05, 3.63) is 71.5 Å². The van der Waals surface area contributed by atoms with Gasteiger partial charge in [0.05, 0.1) is 35.9 Å². The summed E-state index contributed by atoms with van der Waals surface area (Å²) in [6, 6.07) is 13.8. The highest BCUT2D eigenvalue weighted by atomic mass is 16.3. The van der Waals surface area contributed by atoms with Crippen LogP contribution in [-0.4, -0.2) is 48.1 Å². The molecule has 4 heterocycles. The molecule has 1 aliphatic heterocycles. The molecule has 0 aliphatic carbocycles. The van der Waals surface area contributed by atoms with Gasteiger partial charge >= 0.3 is 0 Å². The van der Waals surface area contributed by atoms with E-state index in [4.69, 9.17) is 0 Å². The van der Waals surface area contributed by atoms with E-state index in [1.807, 2.05) is 42.5 Å². The number of benzene rings is 1. The molecule has 3 aromatic heterocycles. The monoisotopic (exact) mass is 402 g/mol.